The van der Waals surface area contributed by atoms with E-state index in [1.165, 1.54) is 19.3 Å². The van der Waals surface area contributed by atoms with Gasteiger partial charge in [-0.1, -0.05) is 49.6 Å². The van der Waals surface area contributed by atoms with Crippen LogP contribution in [0.3, 0.4) is 0 Å². The molecule has 0 bridgehead atoms. The van der Waals surface area contributed by atoms with Gasteiger partial charge in [0.15, 0.2) is 0 Å². The number of nitrogens with one attached hydrogen (secondary N) is 1. The summed E-state index contributed by atoms with van der Waals surface area (Å²) in [6, 6.07) is 10.1. The zero-order valence-electron chi connectivity index (χ0n) is 15.7. The van der Waals surface area contributed by atoms with Gasteiger partial charge in [0.1, 0.15) is 0 Å². The number of amides is 2. The van der Waals surface area contributed by atoms with E-state index in [9.17, 15) is 9.59 Å². The standard InChI is InChI=1S/C22H30N2O2/c1-17(18-8-4-2-5-9-18)16-21(25)23-20-12-14-24(15-13-20)22(26)19-10-6-3-7-11-19/h2,4-5,8-9,16,19-20H,3,6-7,10-15H2,1H3,(H,23,25)/b17-16+. The van der Waals surface area contributed by atoms with Gasteiger partial charge in [-0.05, 0) is 43.7 Å². The van der Waals surface area contributed by atoms with Gasteiger partial charge in [-0.2, -0.15) is 0 Å². The molecule has 140 valence electrons. The minimum Gasteiger partial charge on any atom is -0.350 e. The van der Waals surface area contributed by atoms with E-state index in [-0.39, 0.29) is 17.9 Å². The molecule has 1 saturated heterocycles. The first kappa shape index (κ1) is 18.7. The number of carbonyl (C=O) groups is 2. The normalized spacial score (nSPS) is 20.0. The van der Waals surface area contributed by atoms with Crippen molar-refractivity contribution in [2.75, 3.05) is 13.1 Å². The minimum atomic E-state index is -0.0385. The predicted octanol–water partition coefficient (Wildman–Crippen LogP) is 3.78. The van der Waals surface area contributed by atoms with Crippen LogP contribution in [0.1, 0.15) is 57.4 Å². The summed E-state index contributed by atoms with van der Waals surface area (Å²) in [5, 5.41) is 3.11. The third kappa shape index (κ3) is 4.96. The van der Waals surface area contributed by atoms with Gasteiger partial charge < -0.3 is 10.2 Å². The van der Waals surface area contributed by atoms with Crippen molar-refractivity contribution in [2.24, 2.45) is 5.92 Å². The number of allylic oxidation sites excluding steroid dienone is 1. The van der Waals surface area contributed by atoms with Crippen LogP contribution in [0.15, 0.2) is 36.4 Å². The monoisotopic (exact) mass is 354 g/mol. The van der Waals surface area contributed by atoms with Crippen molar-refractivity contribution in [3.8, 4) is 0 Å². The van der Waals surface area contributed by atoms with Gasteiger partial charge in [-0.25, -0.2) is 0 Å². The lowest BCUT2D eigenvalue weighted by Crippen LogP contribution is -2.48. The number of carbonyl (C=O) groups excluding carboxylic acids is 2. The molecule has 0 unspecified atom stereocenters. The van der Waals surface area contributed by atoms with Crippen molar-refractivity contribution in [1.29, 1.82) is 0 Å². The fourth-order valence-electron chi connectivity index (χ4n) is 4.08. The summed E-state index contributed by atoms with van der Waals surface area (Å²) in [6.07, 6.45) is 9.14. The van der Waals surface area contributed by atoms with Gasteiger partial charge in [-0.3, -0.25) is 9.59 Å². The fourth-order valence-corrected chi connectivity index (χ4v) is 4.08. The Labute approximate surface area is 156 Å². The molecule has 26 heavy (non-hydrogen) atoms. The summed E-state index contributed by atoms with van der Waals surface area (Å²) < 4.78 is 0. The maximum absolute atomic E-state index is 12.6. The molecule has 1 aromatic rings. The van der Waals surface area contributed by atoms with E-state index >= 15 is 0 Å². The molecule has 2 amide bonds. The van der Waals surface area contributed by atoms with Crippen molar-refractivity contribution >= 4 is 17.4 Å². The Balaban J connectivity index is 1.46. The Bertz CT molecular complexity index is 639. The molecule has 1 aromatic carbocycles. The van der Waals surface area contributed by atoms with E-state index in [1.807, 2.05) is 42.2 Å². The van der Waals surface area contributed by atoms with E-state index in [0.717, 1.165) is 49.9 Å². The first-order chi connectivity index (χ1) is 12.6. The SMILES string of the molecule is C/C(=C\C(=O)NC1CCN(C(=O)C2CCCCC2)CC1)c1ccccc1. The van der Waals surface area contributed by atoms with Crippen LogP contribution in [-0.2, 0) is 9.59 Å². The molecule has 4 nitrogen and oxygen atoms in total. The Morgan fingerprint density at radius 3 is 2.31 bits per heavy atom. The third-order valence-electron chi connectivity index (χ3n) is 5.68. The summed E-state index contributed by atoms with van der Waals surface area (Å²) in [5.41, 5.74) is 2.03. The maximum atomic E-state index is 12.6. The number of nitrogens with zero attached hydrogens (tertiary/aromatic N) is 1. The molecule has 3 rings (SSSR count). The summed E-state index contributed by atoms with van der Waals surface area (Å²) >= 11 is 0. The van der Waals surface area contributed by atoms with Crippen LogP contribution in [0.2, 0.25) is 0 Å². The minimum absolute atomic E-state index is 0.0385. The highest BCUT2D eigenvalue weighted by Gasteiger charge is 2.29. The van der Waals surface area contributed by atoms with Gasteiger partial charge in [0.25, 0.3) is 0 Å². The van der Waals surface area contributed by atoms with Crippen LogP contribution >= 0.6 is 0 Å². The number of benzene rings is 1. The Kier molecular flexibility index (Phi) is 6.48. The second-order valence-electron chi connectivity index (χ2n) is 7.64. The van der Waals surface area contributed by atoms with Crippen LogP contribution in [0.4, 0.5) is 0 Å². The molecule has 0 atom stereocenters. The number of piperidine rings is 1. The summed E-state index contributed by atoms with van der Waals surface area (Å²) in [4.78, 5) is 26.9. The van der Waals surface area contributed by atoms with Gasteiger partial charge in [0.2, 0.25) is 11.8 Å². The Morgan fingerprint density at radius 1 is 1.00 bits per heavy atom. The topological polar surface area (TPSA) is 49.4 Å². The Hall–Kier alpha value is -2.10. The van der Waals surface area contributed by atoms with E-state index in [2.05, 4.69) is 5.32 Å². The van der Waals surface area contributed by atoms with Crippen molar-refractivity contribution in [1.82, 2.24) is 10.2 Å². The molecule has 0 aromatic heterocycles. The summed E-state index contributed by atoms with van der Waals surface area (Å²) in [7, 11) is 0. The lowest BCUT2D eigenvalue weighted by molar-refractivity contribution is -0.137. The van der Waals surface area contributed by atoms with Crippen LogP contribution in [-0.4, -0.2) is 35.8 Å². The molecule has 1 aliphatic carbocycles. The zero-order valence-corrected chi connectivity index (χ0v) is 15.7. The average Bonchev–Trinajstić information content (AvgIpc) is 2.69. The third-order valence-corrected chi connectivity index (χ3v) is 5.68. The van der Waals surface area contributed by atoms with E-state index in [4.69, 9.17) is 0 Å². The quantitative estimate of drug-likeness (QED) is 0.837. The summed E-state index contributed by atoms with van der Waals surface area (Å²) in [5.74, 6) is 0.545. The van der Waals surface area contributed by atoms with E-state index in [0.29, 0.717) is 5.91 Å². The largest absolute Gasteiger partial charge is 0.350 e. The smallest absolute Gasteiger partial charge is 0.244 e. The molecule has 0 radical (unpaired) electrons. The van der Waals surface area contributed by atoms with Crippen LogP contribution < -0.4 is 5.32 Å². The van der Waals surface area contributed by atoms with Crippen molar-refractivity contribution in [2.45, 2.75) is 57.9 Å². The van der Waals surface area contributed by atoms with Gasteiger partial charge in [-0.15, -0.1) is 0 Å². The van der Waals surface area contributed by atoms with Crippen LogP contribution in [0.25, 0.3) is 5.57 Å². The molecule has 1 N–H and O–H groups in total. The first-order valence-electron chi connectivity index (χ1n) is 9.96. The lowest BCUT2D eigenvalue weighted by atomic mass is 9.87. The van der Waals surface area contributed by atoms with E-state index in [1.54, 1.807) is 6.08 Å². The molecular weight excluding hydrogens is 324 g/mol. The predicted molar refractivity (Wildman–Crippen MR) is 104 cm³/mol. The molecule has 1 saturated carbocycles. The van der Waals surface area contributed by atoms with Crippen molar-refractivity contribution in [3.05, 3.63) is 42.0 Å². The second-order valence-corrected chi connectivity index (χ2v) is 7.64. The first-order valence-corrected chi connectivity index (χ1v) is 9.96. The maximum Gasteiger partial charge on any atom is 0.244 e. The number of hydrogen-bond donors (Lipinski definition) is 1. The molecule has 4 heteroatoms. The van der Waals surface area contributed by atoms with E-state index < -0.39 is 0 Å². The Morgan fingerprint density at radius 2 is 1.65 bits per heavy atom. The highest BCUT2D eigenvalue weighted by molar-refractivity contribution is 5.95. The fraction of sp³-hybridized carbons (Fsp3) is 0.545. The second kappa shape index (κ2) is 9.02. The van der Waals surface area contributed by atoms with Crippen LogP contribution in [0, 0.1) is 5.92 Å². The number of likely N-dealkylation sites (tertiary alicyclic amines) is 1. The number of rotatable bonds is 4. The zero-order chi connectivity index (χ0) is 18.4. The lowest BCUT2D eigenvalue weighted by Gasteiger charge is -2.35. The van der Waals surface area contributed by atoms with Gasteiger partial charge in [0, 0.05) is 31.1 Å². The van der Waals surface area contributed by atoms with Crippen LogP contribution in [0.5, 0.6) is 0 Å². The molecule has 0 spiro atoms. The molecular formula is C22H30N2O2. The molecule has 1 aliphatic heterocycles. The van der Waals surface area contributed by atoms with Crippen molar-refractivity contribution in [3.63, 3.8) is 0 Å². The van der Waals surface area contributed by atoms with Crippen molar-refractivity contribution < 1.29 is 9.59 Å². The van der Waals surface area contributed by atoms with Gasteiger partial charge in [0.05, 0.1) is 0 Å². The molecule has 2 aliphatic rings. The number of hydrogen-bond acceptors (Lipinski definition) is 2. The molecule has 2 fully saturated rings. The highest BCUT2D eigenvalue weighted by Crippen LogP contribution is 2.26. The average molecular weight is 354 g/mol. The molecule has 1 heterocycles. The highest BCUT2D eigenvalue weighted by atomic mass is 16.2. The summed E-state index contributed by atoms with van der Waals surface area (Å²) in [6.45, 7) is 3.49. The van der Waals surface area contributed by atoms with Gasteiger partial charge >= 0.3 is 0 Å².